The van der Waals surface area contributed by atoms with Crippen LogP contribution in [-0.2, 0) is 10.1 Å². The van der Waals surface area contributed by atoms with Crippen LogP contribution in [0.3, 0.4) is 0 Å². The van der Waals surface area contributed by atoms with Crippen molar-refractivity contribution in [1.29, 1.82) is 0 Å². The fourth-order valence-corrected chi connectivity index (χ4v) is 0. The molecule has 0 aromatic rings. The van der Waals surface area contributed by atoms with Gasteiger partial charge in [0.15, 0.2) is 0 Å². The molecule has 0 unspecified atom stereocenters. The van der Waals surface area contributed by atoms with E-state index in [-0.39, 0.29) is 58.2 Å². The van der Waals surface area contributed by atoms with Crippen molar-refractivity contribution in [2.75, 3.05) is 6.26 Å². The molecule has 0 aliphatic carbocycles. The predicted molar refractivity (Wildman–Crippen MR) is 23.2 cm³/mol. The Morgan fingerprint density at radius 1 is 1.50 bits per heavy atom. The van der Waals surface area contributed by atoms with E-state index in [2.05, 4.69) is 0 Å². The van der Waals surface area contributed by atoms with Crippen LogP contribution in [-0.4, -0.2) is 77.4 Å². The van der Waals surface area contributed by atoms with Crippen molar-refractivity contribution in [2.24, 2.45) is 0 Å². The molecule has 0 fully saturated rings. The molecule has 0 bridgehead atoms. The molecular weight excluding hydrogens is 178 g/mol. The van der Waals surface area contributed by atoms with Gasteiger partial charge in [-0.1, -0.05) is 0 Å². The summed E-state index contributed by atoms with van der Waals surface area (Å²) in [6.07, 6.45) is 0.715. The average molecular weight is 182 g/mol. The fourth-order valence-electron chi connectivity index (χ4n) is 0. The van der Waals surface area contributed by atoms with Gasteiger partial charge in [0.05, 0.1) is 6.26 Å². The number of hydrogen-bond acceptors (Lipinski definition) is 2. The minimum atomic E-state index is -3.67. The molecule has 0 aliphatic rings. The predicted octanol–water partition coefficient (Wildman–Crippen LogP) is -0.877. The zero-order valence-electron chi connectivity index (χ0n) is 3.67. The van der Waals surface area contributed by atoms with E-state index in [9.17, 15) is 8.42 Å². The van der Waals surface area contributed by atoms with Gasteiger partial charge in [-0.25, -0.2) is 0 Å². The standard InChI is InChI=1S/CH4O3S.Rb/c1-5(2,3)4;/h1H3,(H,2,3,4);. The maximum Gasteiger partial charge on any atom is 0.261 e. The van der Waals surface area contributed by atoms with Crippen molar-refractivity contribution < 1.29 is 13.0 Å². The van der Waals surface area contributed by atoms with E-state index in [1.807, 2.05) is 0 Å². The van der Waals surface area contributed by atoms with E-state index in [1.54, 1.807) is 0 Å². The topological polar surface area (TPSA) is 54.4 Å². The van der Waals surface area contributed by atoms with Crippen LogP contribution in [0.1, 0.15) is 0 Å². The zero-order chi connectivity index (χ0) is 4.50. The molecule has 0 saturated heterocycles. The van der Waals surface area contributed by atoms with Gasteiger partial charge < -0.3 is 0 Å². The van der Waals surface area contributed by atoms with Crippen molar-refractivity contribution in [3.05, 3.63) is 0 Å². The maximum absolute atomic E-state index is 9.19. The summed E-state index contributed by atoms with van der Waals surface area (Å²) in [6, 6.07) is 0. The van der Waals surface area contributed by atoms with E-state index in [0.717, 1.165) is 0 Å². The molecular formula is CH4O3RbS. The van der Waals surface area contributed by atoms with Gasteiger partial charge in [0.2, 0.25) is 0 Å². The molecule has 0 heterocycles. The largest absolute Gasteiger partial charge is 0.286 e. The third kappa shape index (κ3) is 43.2. The molecule has 5 heteroatoms. The van der Waals surface area contributed by atoms with Crippen LogP contribution in [0, 0.1) is 0 Å². The Bertz CT molecular complexity index is 94.0. The summed E-state index contributed by atoms with van der Waals surface area (Å²) < 4.78 is 25.9. The molecule has 6 heavy (non-hydrogen) atoms. The Morgan fingerprint density at radius 3 is 1.50 bits per heavy atom. The Balaban J connectivity index is 0. The van der Waals surface area contributed by atoms with Gasteiger partial charge in [-0.2, -0.15) is 8.42 Å². The Kier molecular flexibility index (Phi) is 6.54. The summed E-state index contributed by atoms with van der Waals surface area (Å²) in [6.45, 7) is 0. The molecule has 1 radical (unpaired) electrons. The van der Waals surface area contributed by atoms with Crippen LogP contribution in [0.2, 0.25) is 0 Å². The number of rotatable bonds is 0. The average Bonchev–Trinajstić information content (AvgIpc) is 0.722. The van der Waals surface area contributed by atoms with Gasteiger partial charge in [0, 0.05) is 58.2 Å². The van der Waals surface area contributed by atoms with Gasteiger partial charge in [0.25, 0.3) is 10.1 Å². The Hall–Kier alpha value is 1.72. The molecule has 1 N–H and O–H groups in total. The van der Waals surface area contributed by atoms with E-state index in [0.29, 0.717) is 6.26 Å². The normalized spacial score (nSPS) is 9.67. The van der Waals surface area contributed by atoms with Gasteiger partial charge in [-0.05, 0) is 0 Å². The molecule has 0 amide bonds. The van der Waals surface area contributed by atoms with E-state index in [1.165, 1.54) is 0 Å². The molecule has 0 aliphatic heterocycles. The van der Waals surface area contributed by atoms with Gasteiger partial charge in [-0.15, -0.1) is 0 Å². The van der Waals surface area contributed by atoms with Crippen LogP contribution in [0.5, 0.6) is 0 Å². The molecule has 0 atom stereocenters. The summed E-state index contributed by atoms with van der Waals surface area (Å²) in [4.78, 5) is 0. The zero-order valence-corrected chi connectivity index (χ0v) is 9.40. The minimum Gasteiger partial charge on any atom is -0.286 e. The first-order valence-corrected chi connectivity index (χ1v) is 2.77. The summed E-state index contributed by atoms with van der Waals surface area (Å²) in [5, 5.41) is 0. The molecule has 0 aromatic carbocycles. The van der Waals surface area contributed by atoms with Gasteiger partial charge in [0.1, 0.15) is 0 Å². The molecule has 0 spiro atoms. The maximum atomic E-state index is 9.19. The van der Waals surface area contributed by atoms with Crippen molar-refractivity contribution in [3.8, 4) is 0 Å². The van der Waals surface area contributed by atoms with E-state index >= 15 is 0 Å². The molecule has 0 rings (SSSR count). The molecule has 33 valence electrons. The molecule has 0 saturated carbocycles. The first-order chi connectivity index (χ1) is 2.00. The third-order valence-corrected chi connectivity index (χ3v) is 0. The van der Waals surface area contributed by atoms with Crippen LogP contribution in [0.25, 0.3) is 0 Å². The SMILES string of the molecule is CS(=O)(=O)O.[Rb]. The summed E-state index contributed by atoms with van der Waals surface area (Å²) in [7, 11) is -3.67. The monoisotopic (exact) mass is 181 g/mol. The van der Waals surface area contributed by atoms with Crippen LogP contribution >= 0.6 is 0 Å². The second-order valence-corrected chi connectivity index (χ2v) is 2.20. The van der Waals surface area contributed by atoms with Crippen molar-refractivity contribution in [1.82, 2.24) is 0 Å². The quantitative estimate of drug-likeness (QED) is 0.494. The second kappa shape index (κ2) is 3.68. The molecule has 3 nitrogen and oxygen atoms in total. The summed E-state index contributed by atoms with van der Waals surface area (Å²) in [5.41, 5.74) is 0. The van der Waals surface area contributed by atoms with E-state index < -0.39 is 10.1 Å². The summed E-state index contributed by atoms with van der Waals surface area (Å²) in [5.74, 6) is 0. The van der Waals surface area contributed by atoms with Crippen molar-refractivity contribution in [2.45, 2.75) is 0 Å². The smallest absolute Gasteiger partial charge is 0.261 e. The van der Waals surface area contributed by atoms with Crippen LogP contribution in [0.15, 0.2) is 0 Å². The minimum absolute atomic E-state index is 0. The van der Waals surface area contributed by atoms with Crippen molar-refractivity contribution in [3.63, 3.8) is 0 Å². The summed E-state index contributed by atoms with van der Waals surface area (Å²) >= 11 is 0. The van der Waals surface area contributed by atoms with Gasteiger partial charge in [-0.3, -0.25) is 4.55 Å². The van der Waals surface area contributed by atoms with Crippen molar-refractivity contribution >= 4 is 68.3 Å². The van der Waals surface area contributed by atoms with Crippen LogP contribution in [0.4, 0.5) is 0 Å². The third-order valence-electron chi connectivity index (χ3n) is 0. The number of hydrogen-bond donors (Lipinski definition) is 1. The Labute approximate surface area is 85.7 Å². The van der Waals surface area contributed by atoms with Crippen LogP contribution < -0.4 is 0 Å². The fraction of sp³-hybridized carbons (Fsp3) is 1.00. The molecule has 0 aromatic heterocycles. The van der Waals surface area contributed by atoms with E-state index in [4.69, 9.17) is 4.55 Å². The first kappa shape index (κ1) is 10.7. The van der Waals surface area contributed by atoms with Gasteiger partial charge >= 0.3 is 0 Å². The Morgan fingerprint density at radius 2 is 1.50 bits per heavy atom. The first-order valence-electron chi connectivity index (χ1n) is 0.924. The second-order valence-electron chi connectivity index (χ2n) is 0.733.